The molecule has 2 aromatic rings. The third-order valence-electron chi connectivity index (χ3n) is 3.27. The Bertz CT molecular complexity index is 741. The van der Waals surface area contributed by atoms with E-state index in [9.17, 15) is 13.2 Å². The van der Waals surface area contributed by atoms with Crippen molar-refractivity contribution in [1.29, 1.82) is 0 Å². The van der Waals surface area contributed by atoms with Gasteiger partial charge in [-0.25, -0.2) is 8.42 Å². The molecule has 0 saturated heterocycles. The van der Waals surface area contributed by atoms with E-state index in [4.69, 9.17) is 0 Å². The molecule has 0 aliphatic heterocycles. The molecule has 122 valence electrons. The lowest BCUT2D eigenvalue weighted by Gasteiger charge is -2.09. The van der Waals surface area contributed by atoms with E-state index in [1.165, 1.54) is 24.3 Å². The molecule has 1 amide bonds. The Labute approximate surface area is 136 Å². The normalized spacial score (nSPS) is 11.0. The summed E-state index contributed by atoms with van der Waals surface area (Å²) in [6, 6.07) is 14.6. The van der Waals surface area contributed by atoms with Gasteiger partial charge in [0.15, 0.2) is 0 Å². The van der Waals surface area contributed by atoms with Crippen molar-refractivity contribution >= 4 is 21.6 Å². The number of rotatable bonds is 7. The summed E-state index contributed by atoms with van der Waals surface area (Å²) >= 11 is 0. The predicted octanol–water partition coefficient (Wildman–Crippen LogP) is 3.02. The first-order valence-electron chi connectivity index (χ1n) is 7.49. The van der Waals surface area contributed by atoms with Gasteiger partial charge in [-0.15, -0.1) is 0 Å². The van der Waals surface area contributed by atoms with Gasteiger partial charge in [0, 0.05) is 17.8 Å². The maximum Gasteiger partial charge on any atom is 0.261 e. The van der Waals surface area contributed by atoms with Crippen LogP contribution in [-0.2, 0) is 10.0 Å². The van der Waals surface area contributed by atoms with E-state index in [1.807, 2.05) is 13.0 Å². The van der Waals surface area contributed by atoms with Crippen molar-refractivity contribution < 1.29 is 13.2 Å². The molecule has 2 N–H and O–H groups in total. The lowest BCUT2D eigenvalue weighted by molar-refractivity contribution is 0.0953. The smallest absolute Gasteiger partial charge is 0.261 e. The number of benzene rings is 2. The average molecular weight is 332 g/mol. The van der Waals surface area contributed by atoms with E-state index in [0.29, 0.717) is 17.8 Å². The number of anilines is 1. The highest BCUT2D eigenvalue weighted by atomic mass is 32.2. The van der Waals surface area contributed by atoms with Gasteiger partial charge in [0.1, 0.15) is 0 Å². The number of carbonyl (C=O) groups excluding carboxylic acids is 1. The standard InChI is InChI=1S/C17H20N2O3S/c1-2-3-13-18-17(20)14-9-11-16(12-10-14)23(21,22)19-15-7-5-4-6-8-15/h4-12,19H,2-3,13H2,1H3,(H,18,20). The zero-order valence-electron chi connectivity index (χ0n) is 13.0. The Morgan fingerprint density at radius 1 is 1.00 bits per heavy atom. The van der Waals surface area contributed by atoms with Crippen molar-refractivity contribution in [2.24, 2.45) is 0 Å². The van der Waals surface area contributed by atoms with Crippen LogP contribution in [0, 0.1) is 0 Å². The molecule has 0 aromatic heterocycles. The van der Waals surface area contributed by atoms with Crippen LogP contribution in [0.15, 0.2) is 59.5 Å². The van der Waals surface area contributed by atoms with Crippen molar-refractivity contribution in [1.82, 2.24) is 5.32 Å². The molecule has 0 saturated carbocycles. The highest BCUT2D eigenvalue weighted by molar-refractivity contribution is 7.92. The van der Waals surface area contributed by atoms with Gasteiger partial charge in [-0.05, 0) is 42.8 Å². The second kappa shape index (κ2) is 7.78. The minimum atomic E-state index is -3.66. The van der Waals surface area contributed by atoms with E-state index < -0.39 is 10.0 Å². The second-order valence-corrected chi connectivity index (χ2v) is 6.79. The SMILES string of the molecule is CCCCNC(=O)c1ccc(S(=O)(=O)Nc2ccccc2)cc1. The zero-order valence-corrected chi connectivity index (χ0v) is 13.8. The summed E-state index contributed by atoms with van der Waals surface area (Å²) in [5.74, 6) is -0.196. The van der Waals surface area contributed by atoms with Crippen molar-refractivity contribution in [3.8, 4) is 0 Å². The van der Waals surface area contributed by atoms with Crippen LogP contribution in [0.2, 0.25) is 0 Å². The summed E-state index contributed by atoms with van der Waals surface area (Å²) in [5.41, 5.74) is 0.939. The summed E-state index contributed by atoms with van der Waals surface area (Å²) in [6.07, 6.45) is 1.92. The van der Waals surface area contributed by atoms with Gasteiger partial charge in [-0.2, -0.15) is 0 Å². The minimum absolute atomic E-state index is 0.117. The molecule has 0 aliphatic rings. The number of para-hydroxylation sites is 1. The number of carbonyl (C=O) groups is 1. The van der Waals surface area contributed by atoms with Crippen LogP contribution in [0.25, 0.3) is 0 Å². The van der Waals surface area contributed by atoms with Crippen molar-refractivity contribution in [3.63, 3.8) is 0 Å². The lowest BCUT2D eigenvalue weighted by atomic mass is 10.2. The topological polar surface area (TPSA) is 75.3 Å². The van der Waals surface area contributed by atoms with E-state index >= 15 is 0 Å². The Morgan fingerprint density at radius 3 is 2.26 bits per heavy atom. The fourth-order valence-electron chi connectivity index (χ4n) is 1.99. The largest absolute Gasteiger partial charge is 0.352 e. The zero-order chi connectivity index (χ0) is 16.7. The first kappa shape index (κ1) is 17.0. The third kappa shape index (κ3) is 4.82. The summed E-state index contributed by atoms with van der Waals surface area (Å²) in [4.78, 5) is 12.0. The number of sulfonamides is 1. The Hall–Kier alpha value is -2.34. The average Bonchev–Trinajstić information content (AvgIpc) is 2.55. The van der Waals surface area contributed by atoms with Gasteiger partial charge in [-0.3, -0.25) is 9.52 Å². The Kier molecular flexibility index (Phi) is 5.76. The first-order valence-corrected chi connectivity index (χ1v) is 8.97. The number of hydrogen-bond donors (Lipinski definition) is 2. The molecule has 0 heterocycles. The monoisotopic (exact) mass is 332 g/mol. The maximum absolute atomic E-state index is 12.3. The van der Waals surface area contributed by atoms with E-state index in [1.54, 1.807) is 24.3 Å². The summed E-state index contributed by atoms with van der Waals surface area (Å²) in [7, 11) is -3.66. The van der Waals surface area contributed by atoms with Gasteiger partial charge in [0.2, 0.25) is 0 Å². The summed E-state index contributed by atoms with van der Waals surface area (Å²) in [5, 5.41) is 2.79. The predicted molar refractivity (Wildman–Crippen MR) is 90.9 cm³/mol. The van der Waals surface area contributed by atoms with Crippen LogP contribution in [-0.4, -0.2) is 20.9 Å². The fraction of sp³-hybridized carbons (Fsp3) is 0.235. The molecule has 0 radical (unpaired) electrons. The number of hydrogen-bond acceptors (Lipinski definition) is 3. The van der Waals surface area contributed by atoms with E-state index in [-0.39, 0.29) is 10.8 Å². The number of nitrogens with one attached hydrogen (secondary N) is 2. The van der Waals surface area contributed by atoms with Crippen LogP contribution in [0.1, 0.15) is 30.1 Å². The summed E-state index contributed by atoms with van der Waals surface area (Å²) < 4.78 is 27.1. The van der Waals surface area contributed by atoms with Gasteiger partial charge < -0.3 is 5.32 Å². The fourth-order valence-corrected chi connectivity index (χ4v) is 3.05. The van der Waals surface area contributed by atoms with E-state index in [0.717, 1.165) is 12.8 Å². The molecule has 0 atom stereocenters. The van der Waals surface area contributed by atoms with Crippen LogP contribution in [0.4, 0.5) is 5.69 Å². The first-order chi connectivity index (χ1) is 11.0. The second-order valence-electron chi connectivity index (χ2n) is 5.11. The Balaban J connectivity index is 2.08. The van der Waals surface area contributed by atoms with Gasteiger partial charge >= 0.3 is 0 Å². The Morgan fingerprint density at radius 2 is 1.65 bits per heavy atom. The molecule has 2 rings (SSSR count). The molecule has 0 aliphatic carbocycles. The highest BCUT2D eigenvalue weighted by Crippen LogP contribution is 2.16. The van der Waals surface area contributed by atoms with Gasteiger partial charge in [0.05, 0.1) is 4.90 Å². The highest BCUT2D eigenvalue weighted by Gasteiger charge is 2.15. The van der Waals surface area contributed by atoms with E-state index in [2.05, 4.69) is 10.0 Å². The number of amides is 1. The van der Waals surface area contributed by atoms with Gasteiger partial charge in [-0.1, -0.05) is 31.5 Å². The molecule has 5 nitrogen and oxygen atoms in total. The quantitative estimate of drug-likeness (QED) is 0.765. The molecule has 0 fully saturated rings. The van der Waals surface area contributed by atoms with Crippen molar-refractivity contribution in [2.45, 2.75) is 24.7 Å². The molecule has 23 heavy (non-hydrogen) atoms. The molecule has 2 aromatic carbocycles. The third-order valence-corrected chi connectivity index (χ3v) is 4.67. The van der Waals surface area contributed by atoms with Crippen LogP contribution in [0.5, 0.6) is 0 Å². The van der Waals surface area contributed by atoms with Crippen LogP contribution >= 0.6 is 0 Å². The van der Waals surface area contributed by atoms with Gasteiger partial charge in [0.25, 0.3) is 15.9 Å². The molecule has 0 spiro atoms. The minimum Gasteiger partial charge on any atom is -0.352 e. The van der Waals surface area contributed by atoms with Crippen LogP contribution in [0.3, 0.4) is 0 Å². The lowest BCUT2D eigenvalue weighted by Crippen LogP contribution is -2.24. The molecule has 6 heteroatoms. The van der Waals surface area contributed by atoms with Crippen molar-refractivity contribution in [3.05, 3.63) is 60.2 Å². The molecular formula is C17H20N2O3S. The molecule has 0 unspecified atom stereocenters. The molecule has 0 bridgehead atoms. The number of unbranched alkanes of at least 4 members (excludes halogenated alkanes) is 1. The summed E-state index contributed by atoms with van der Waals surface area (Å²) in [6.45, 7) is 2.66. The maximum atomic E-state index is 12.3. The van der Waals surface area contributed by atoms with Crippen molar-refractivity contribution in [2.75, 3.05) is 11.3 Å². The van der Waals surface area contributed by atoms with Crippen LogP contribution < -0.4 is 10.0 Å². The molecular weight excluding hydrogens is 312 g/mol.